The van der Waals surface area contributed by atoms with Crippen LogP contribution in [0.4, 0.5) is 0 Å². The average molecular weight is 360 g/mol. The van der Waals surface area contributed by atoms with Crippen LogP contribution in [0, 0.1) is 0 Å². The minimum atomic E-state index is -0.833. The smallest absolute Gasteiger partial charge is 0.300 e. The number of hydrogen-bond acceptors (Lipinski definition) is 8. The van der Waals surface area contributed by atoms with Crippen LogP contribution in [0.3, 0.4) is 0 Å². The predicted molar refractivity (Wildman–Crippen MR) is 83.2 cm³/mol. The van der Waals surface area contributed by atoms with Crippen LogP contribution in [0.15, 0.2) is 0 Å². The summed E-state index contributed by atoms with van der Waals surface area (Å²) in [5.74, 6) is -3.33. The molecule has 0 saturated heterocycles. The number of carboxylic acid groups (broad SMARTS) is 4. The van der Waals surface area contributed by atoms with E-state index in [4.69, 9.17) is 55.6 Å². The molecule has 0 aliphatic carbocycles. The molecular weight excluding hydrogens is 332 g/mol. The number of aliphatic hydroxyl groups excluding tert-OH is 2. The Balaban J connectivity index is -0.0000000657. The quantitative estimate of drug-likeness (QED) is 0.285. The Hall–Kier alpha value is -2.28. The summed E-state index contributed by atoms with van der Waals surface area (Å²) in [7, 11) is 0. The lowest BCUT2D eigenvalue weighted by atomic mass is 10.6. The van der Waals surface area contributed by atoms with E-state index >= 15 is 0 Å². The topological polar surface area (TPSA) is 219 Å². The van der Waals surface area contributed by atoms with E-state index in [0.717, 1.165) is 27.7 Å². The SMILES string of the molecule is CC(=O)O.CC(=O)O.CC(=O)O.CC(=O)O.NCCN(CO)CO. The number of nitrogens with zero attached hydrogens (tertiary/aromatic N) is 1. The van der Waals surface area contributed by atoms with Gasteiger partial charge in [0, 0.05) is 40.8 Å². The van der Waals surface area contributed by atoms with E-state index in [1.54, 1.807) is 0 Å². The van der Waals surface area contributed by atoms with E-state index < -0.39 is 23.9 Å². The number of aliphatic hydroxyl groups is 2. The molecule has 0 atom stereocenters. The molecule has 24 heavy (non-hydrogen) atoms. The minimum Gasteiger partial charge on any atom is -0.481 e. The normalized spacial score (nSPS) is 7.67. The van der Waals surface area contributed by atoms with Gasteiger partial charge >= 0.3 is 0 Å². The maximum absolute atomic E-state index is 9.00. The molecule has 0 aromatic rings. The second-order valence-electron chi connectivity index (χ2n) is 3.54. The van der Waals surface area contributed by atoms with Crippen LogP contribution in [0.2, 0.25) is 0 Å². The number of nitrogens with two attached hydrogens (primary N) is 1. The summed E-state index contributed by atoms with van der Waals surface area (Å²) in [6, 6.07) is 0. The van der Waals surface area contributed by atoms with Gasteiger partial charge in [-0.2, -0.15) is 0 Å². The van der Waals surface area contributed by atoms with Crippen LogP contribution in [0.5, 0.6) is 0 Å². The molecule has 0 unspecified atom stereocenters. The minimum absolute atomic E-state index is 0.131. The summed E-state index contributed by atoms with van der Waals surface area (Å²) in [5, 5.41) is 46.4. The predicted octanol–water partition coefficient (Wildman–Crippen LogP) is -1.49. The van der Waals surface area contributed by atoms with Crippen molar-refractivity contribution in [2.75, 3.05) is 26.6 Å². The Morgan fingerprint density at radius 1 is 0.708 bits per heavy atom. The molecule has 0 radical (unpaired) electrons. The molecule has 12 heteroatoms. The lowest BCUT2D eigenvalue weighted by Gasteiger charge is -2.13. The van der Waals surface area contributed by atoms with Gasteiger partial charge in [-0.05, 0) is 0 Å². The van der Waals surface area contributed by atoms with Gasteiger partial charge in [-0.1, -0.05) is 0 Å². The first kappa shape index (κ1) is 33.4. The fraction of sp³-hybridized carbons (Fsp3) is 0.667. The van der Waals surface area contributed by atoms with Gasteiger partial charge in [-0.15, -0.1) is 0 Å². The summed E-state index contributed by atoms with van der Waals surface area (Å²) in [6.45, 7) is 5.06. The monoisotopic (exact) mass is 360 g/mol. The van der Waals surface area contributed by atoms with Gasteiger partial charge in [-0.25, -0.2) is 0 Å². The number of aliphatic carboxylic acids is 4. The van der Waals surface area contributed by atoms with Gasteiger partial charge in [0.05, 0.1) is 13.5 Å². The zero-order chi connectivity index (χ0) is 20.7. The summed E-state index contributed by atoms with van der Waals surface area (Å²) in [5.41, 5.74) is 5.12. The Bertz CT molecular complexity index is 255. The molecule has 0 aliphatic heterocycles. The van der Waals surface area contributed by atoms with Crippen LogP contribution in [0.1, 0.15) is 27.7 Å². The third kappa shape index (κ3) is 310. The molecule has 0 spiro atoms. The zero-order valence-corrected chi connectivity index (χ0v) is 14.2. The van der Waals surface area contributed by atoms with E-state index in [9.17, 15) is 0 Å². The van der Waals surface area contributed by atoms with Gasteiger partial charge in [0.1, 0.15) is 0 Å². The Morgan fingerprint density at radius 2 is 0.875 bits per heavy atom. The highest BCUT2D eigenvalue weighted by Crippen LogP contribution is 1.77. The Kier molecular flexibility index (Phi) is 40.1. The Labute approximate surface area is 139 Å². The molecule has 8 N–H and O–H groups in total. The Morgan fingerprint density at radius 3 is 0.917 bits per heavy atom. The van der Waals surface area contributed by atoms with Crippen LogP contribution >= 0.6 is 0 Å². The van der Waals surface area contributed by atoms with Crippen LogP contribution < -0.4 is 5.73 Å². The largest absolute Gasteiger partial charge is 0.481 e. The lowest BCUT2D eigenvalue weighted by Crippen LogP contribution is -2.30. The lowest BCUT2D eigenvalue weighted by molar-refractivity contribution is -0.135. The molecule has 146 valence electrons. The molecule has 0 aliphatic rings. The first-order valence-corrected chi connectivity index (χ1v) is 6.20. The van der Waals surface area contributed by atoms with Crippen molar-refractivity contribution < 1.29 is 49.8 Å². The van der Waals surface area contributed by atoms with Crippen molar-refractivity contribution in [3.63, 3.8) is 0 Å². The fourth-order valence-corrected chi connectivity index (χ4v) is 0.369. The van der Waals surface area contributed by atoms with Crippen molar-refractivity contribution in [1.29, 1.82) is 0 Å². The molecule has 0 bridgehead atoms. The van der Waals surface area contributed by atoms with Gasteiger partial charge < -0.3 is 36.4 Å². The summed E-state index contributed by atoms with van der Waals surface area (Å²) < 4.78 is 0. The van der Waals surface area contributed by atoms with Crippen molar-refractivity contribution in [2.24, 2.45) is 5.73 Å². The zero-order valence-electron chi connectivity index (χ0n) is 14.2. The van der Waals surface area contributed by atoms with E-state index in [1.165, 1.54) is 4.90 Å². The third-order valence-electron chi connectivity index (χ3n) is 0.845. The summed E-state index contributed by atoms with van der Waals surface area (Å²) in [6.07, 6.45) is 0. The van der Waals surface area contributed by atoms with Crippen LogP contribution in [-0.4, -0.2) is 86.0 Å². The maximum atomic E-state index is 9.00. The number of carbonyl (C=O) groups is 4. The van der Waals surface area contributed by atoms with Gasteiger partial charge in [0.2, 0.25) is 0 Å². The average Bonchev–Trinajstić information content (AvgIpc) is 2.33. The molecular formula is C12H28N2O10. The first-order chi connectivity index (χ1) is 10.8. The van der Waals surface area contributed by atoms with Crippen molar-refractivity contribution in [3.05, 3.63) is 0 Å². The number of carboxylic acids is 4. The first-order valence-electron chi connectivity index (χ1n) is 6.20. The highest BCUT2D eigenvalue weighted by molar-refractivity contribution is 5.63. The van der Waals surface area contributed by atoms with Crippen molar-refractivity contribution in [1.82, 2.24) is 4.90 Å². The van der Waals surface area contributed by atoms with E-state index in [-0.39, 0.29) is 13.5 Å². The van der Waals surface area contributed by atoms with E-state index in [1.807, 2.05) is 0 Å². The highest BCUT2D eigenvalue weighted by Gasteiger charge is 1.95. The van der Waals surface area contributed by atoms with Gasteiger partial charge in [-0.3, -0.25) is 24.1 Å². The number of hydrogen-bond donors (Lipinski definition) is 7. The van der Waals surface area contributed by atoms with Gasteiger partial charge in [0.15, 0.2) is 0 Å². The molecule has 0 aromatic heterocycles. The van der Waals surface area contributed by atoms with Crippen molar-refractivity contribution in [3.8, 4) is 0 Å². The van der Waals surface area contributed by atoms with Crippen molar-refractivity contribution in [2.45, 2.75) is 27.7 Å². The van der Waals surface area contributed by atoms with Crippen molar-refractivity contribution >= 4 is 23.9 Å². The third-order valence-corrected chi connectivity index (χ3v) is 0.845. The van der Waals surface area contributed by atoms with E-state index in [2.05, 4.69) is 0 Å². The molecule has 0 amide bonds. The molecule has 0 rings (SSSR count). The molecule has 0 fully saturated rings. The van der Waals surface area contributed by atoms with Crippen LogP contribution in [0.25, 0.3) is 0 Å². The maximum Gasteiger partial charge on any atom is 0.300 e. The molecule has 0 saturated carbocycles. The summed E-state index contributed by atoms with van der Waals surface area (Å²) in [4.78, 5) is 37.4. The summed E-state index contributed by atoms with van der Waals surface area (Å²) >= 11 is 0. The second kappa shape index (κ2) is 28.8. The number of rotatable bonds is 4. The van der Waals surface area contributed by atoms with E-state index in [0.29, 0.717) is 13.1 Å². The standard InChI is InChI=1S/C4H12N2O2.4C2H4O2/c5-1-2-6(3-7)4-8;4*1-2(3)4/h7-8H,1-5H2;4*1H3,(H,3,4). The highest BCUT2D eigenvalue weighted by atomic mass is 16.4. The van der Waals surface area contributed by atoms with Gasteiger partial charge in [0.25, 0.3) is 23.9 Å². The molecule has 0 heterocycles. The molecule has 0 aromatic carbocycles. The molecule has 12 nitrogen and oxygen atoms in total. The second-order valence-corrected chi connectivity index (χ2v) is 3.54. The van der Waals surface area contributed by atoms with Crippen LogP contribution in [-0.2, 0) is 19.2 Å². The fourth-order valence-electron chi connectivity index (χ4n) is 0.369.